The zero-order valence-corrected chi connectivity index (χ0v) is 10.8. The number of hydrogen-bond donors (Lipinski definition) is 4. The number of carbonyl (C=O) groups is 2. The van der Waals surface area contributed by atoms with Gasteiger partial charge in [-0.3, -0.25) is 0 Å². The second-order valence-corrected chi connectivity index (χ2v) is 4.40. The Labute approximate surface area is 115 Å². The van der Waals surface area contributed by atoms with E-state index in [0.29, 0.717) is 0 Å². The molecule has 0 radical (unpaired) electrons. The van der Waals surface area contributed by atoms with E-state index in [2.05, 4.69) is 0 Å². The van der Waals surface area contributed by atoms with Gasteiger partial charge in [-0.2, -0.15) is 0 Å². The molecule has 0 aromatic carbocycles. The molecule has 4 N–H and O–H groups in total. The van der Waals surface area contributed by atoms with Crippen molar-refractivity contribution in [3.8, 4) is 0 Å². The smallest absolute Gasteiger partial charge is 0.0678 e. The first kappa shape index (κ1) is 18.5. The van der Waals surface area contributed by atoms with Crippen molar-refractivity contribution in [1.82, 2.24) is 0 Å². The highest BCUT2D eigenvalue weighted by Crippen LogP contribution is 2.20. The van der Waals surface area contributed by atoms with Gasteiger partial charge in [0.05, 0.1) is 11.9 Å². The zero-order chi connectivity index (χ0) is 15.7. The Hall–Kier alpha value is -1.48. The molecule has 0 spiro atoms. The summed E-state index contributed by atoms with van der Waals surface area (Å²) < 4.78 is 0. The Balaban J connectivity index is 5.44. The molecule has 0 aliphatic carbocycles. The van der Waals surface area contributed by atoms with E-state index in [0.717, 1.165) is 0 Å². The Kier molecular flexibility index (Phi) is 8.73. The molecule has 0 saturated heterocycles. The van der Waals surface area contributed by atoms with E-state index in [1.807, 2.05) is 0 Å². The number of aliphatic carboxylic acids is 2. The Morgan fingerprint density at radius 1 is 0.700 bits per heavy atom. The molecule has 0 heterocycles. The normalized spacial score (nSPS) is 12.7. The summed E-state index contributed by atoms with van der Waals surface area (Å²) in [6, 6.07) is 0. The molecular weight excluding hydrogens is 272 g/mol. The van der Waals surface area contributed by atoms with E-state index in [9.17, 15) is 19.8 Å². The van der Waals surface area contributed by atoms with Gasteiger partial charge in [0.1, 0.15) is 0 Å². The van der Waals surface area contributed by atoms with Crippen molar-refractivity contribution < 1.29 is 40.2 Å². The van der Waals surface area contributed by atoms with Crippen LogP contribution in [0.25, 0.3) is 0 Å². The molecule has 0 atom stereocenters. The van der Waals surface area contributed by atoms with Gasteiger partial charge in [0.2, 0.25) is 0 Å². The van der Waals surface area contributed by atoms with Crippen LogP contribution in [-0.2, 0) is 9.59 Å². The van der Waals surface area contributed by atoms with Crippen LogP contribution in [0.1, 0.15) is 12.8 Å². The third-order valence-electron chi connectivity index (χ3n) is 2.88. The lowest BCUT2D eigenvalue weighted by Gasteiger charge is -2.22. The molecule has 8 heteroatoms. The third-order valence-corrected chi connectivity index (χ3v) is 2.88. The molecule has 0 amide bonds. The number of carbonyl (C=O) groups excluding carboxylic acids is 2. The largest absolute Gasteiger partial charge is 0.545 e. The molecule has 0 fully saturated rings. The quantitative estimate of drug-likeness (QED) is 0.294. The van der Waals surface area contributed by atoms with E-state index < -0.39 is 74.2 Å². The van der Waals surface area contributed by atoms with Crippen molar-refractivity contribution in [1.29, 1.82) is 0 Å². The van der Waals surface area contributed by atoms with Crippen LogP contribution < -0.4 is 10.2 Å². The first-order valence-electron chi connectivity index (χ1n) is 5.99. The molecule has 0 saturated carbocycles. The second-order valence-electron chi connectivity index (χ2n) is 4.40. The standard InChI is InChI=1S/C12H20O8/c13-3-7(4-14)1-9(11(17)18)10(12(19)20)2-8(5-15)6-16/h7-8,13-16H,1-6H2,(H,17,18)(H,19,20)/p-2/b10-9-. The predicted octanol–water partition coefficient (Wildman–Crippen LogP) is -4.24. The molecule has 0 aliphatic heterocycles. The minimum Gasteiger partial charge on any atom is -0.545 e. The van der Waals surface area contributed by atoms with Gasteiger partial charge < -0.3 is 40.2 Å². The topological polar surface area (TPSA) is 161 Å². The van der Waals surface area contributed by atoms with Crippen LogP contribution >= 0.6 is 0 Å². The van der Waals surface area contributed by atoms with Gasteiger partial charge in [-0.1, -0.05) is 0 Å². The number of carboxylic acids is 2. The summed E-state index contributed by atoms with van der Waals surface area (Å²) in [5.41, 5.74) is -1.24. The van der Waals surface area contributed by atoms with Crippen LogP contribution in [0, 0.1) is 11.8 Å². The van der Waals surface area contributed by atoms with Gasteiger partial charge in [0.25, 0.3) is 0 Å². The second kappa shape index (κ2) is 9.43. The number of aliphatic hydroxyl groups is 4. The molecular formula is C12H18O8-2. The maximum absolute atomic E-state index is 11.0. The average Bonchev–Trinajstić information content (AvgIpc) is 2.42. The van der Waals surface area contributed by atoms with Crippen molar-refractivity contribution in [2.24, 2.45) is 11.8 Å². The summed E-state index contributed by atoms with van der Waals surface area (Å²) in [4.78, 5) is 22.0. The monoisotopic (exact) mass is 290 g/mol. The van der Waals surface area contributed by atoms with Crippen molar-refractivity contribution in [3.05, 3.63) is 11.1 Å². The van der Waals surface area contributed by atoms with E-state index in [1.165, 1.54) is 0 Å². The Morgan fingerprint density at radius 3 is 1.10 bits per heavy atom. The summed E-state index contributed by atoms with van der Waals surface area (Å²) in [6.07, 6.45) is -0.829. The average molecular weight is 290 g/mol. The Morgan fingerprint density at radius 2 is 0.950 bits per heavy atom. The molecule has 0 aromatic rings. The van der Waals surface area contributed by atoms with E-state index in [-0.39, 0.29) is 0 Å². The third kappa shape index (κ3) is 5.66. The molecule has 0 unspecified atom stereocenters. The van der Waals surface area contributed by atoms with Gasteiger partial charge in [-0.15, -0.1) is 0 Å². The molecule has 20 heavy (non-hydrogen) atoms. The molecule has 0 rings (SSSR count). The summed E-state index contributed by atoms with van der Waals surface area (Å²) >= 11 is 0. The molecule has 0 aromatic heterocycles. The number of hydrogen-bond acceptors (Lipinski definition) is 8. The molecule has 0 bridgehead atoms. The van der Waals surface area contributed by atoms with Crippen LogP contribution in [-0.4, -0.2) is 58.8 Å². The van der Waals surface area contributed by atoms with Crippen molar-refractivity contribution in [3.63, 3.8) is 0 Å². The van der Waals surface area contributed by atoms with E-state index in [4.69, 9.17) is 20.4 Å². The van der Waals surface area contributed by atoms with Gasteiger partial charge in [-0.25, -0.2) is 0 Å². The highest BCUT2D eigenvalue weighted by atomic mass is 16.4. The van der Waals surface area contributed by atoms with Crippen LogP contribution in [0.4, 0.5) is 0 Å². The molecule has 8 nitrogen and oxygen atoms in total. The van der Waals surface area contributed by atoms with Gasteiger partial charge in [0.15, 0.2) is 0 Å². The SMILES string of the molecule is O=C([O-])/C(CC(CO)CO)=C(/CC(CO)CO)C(=O)[O-]. The summed E-state index contributed by atoms with van der Waals surface area (Å²) in [6.45, 7) is -2.12. The van der Waals surface area contributed by atoms with Crippen LogP contribution in [0.5, 0.6) is 0 Å². The van der Waals surface area contributed by atoms with Crippen LogP contribution in [0.15, 0.2) is 11.1 Å². The Bertz CT molecular complexity index is 320. The van der Waals surface area contributed by atoms with Gasteiger partial charge in [-0.05, 0) is 24.0 Å². The van der Waals surface area contributed by atoms with Crippen molar-refractivity contribution >= 4 is 11.9 Å². The first-order valence-corrected chi connectivity index (χ1v) is 5.99. The van der Waals surface area contributed by atoms with Gasteiger partial charge in [0, 0.05) is 38.3 Å². The maximum Gasteiger partial charge on any atom is 0.0678 e. The van der Waals surface area contributed by atoms with Crippen LogP contribution in [0.3, 0.4) is 0 Å². The summed E-state index contributed by atoms with van der Waals surface area (Å²) in [5, 5.41) is 57.7. The van der Waals surface area contributed by atoms with E-state index in [1.54, 1.807) is 0 Å². The zero-order valence-electron chi connectivity index (χ0n) is 10.8. The fourth-order valence-electron chi connectivity index (χ4n) is 1.61. The first-order chi connectivity index (χ1) is 9.40. The van der Waals surface area contributed by atoms with Crippen molar-refractivity contribution in [2.75, 3.05) is 26.4 Å². The lowest BCUT2D eigenvalue weighted by molar-refractivity contribution is -0.304. The molecule has 116 valence electrons. The number of carboxylic acid groups (broad SMARTS) is 2. The number of aliphatic hydroxyl groups excluding tert-OH is 4. The minimum absolute atomic E-state index is 0.414. The molecule has 0 aliphatic rings. The number of rotatable bonds is 10. The summed E-state index contributed by atoms with van der Waals surface area (Å²) in [7, 11) is 0. The highest BCUT2D eigenvalue weighted by molar-refractivity contribution is 5.97. The lowest BCUT2D eigenvalue weighted by Crippen LogP contribution is -2.34. The highest BCUT2D eigenvalue weighted by Gasteiger charge is 2.18. The fraction of sp³-hybridized carbons (Fsp3) is 0.667. The predicted molar refractivity (Wildman–Crippen MR) is 61.6 cm³/mol. The minimum atomic E-state index is -1.76. The fourth-order valence-corrected chi connectivity index (χ4v) is 1.61. The van der Waals surface area contributed by atoms with Crippen LogP contribution in [0.2, 0.25) is 0 Å². The van der Waals surface area contributed by atoms with Gasteiger partial charge >= 0.3 is 0 Å². The lowest BCUT2D eigenvalue weighted by atomic mass is 9.91. The summed E-state index contributed by atoms with van der Waals surface area (Å²) in [5.74, 6) is -5.21. The van der Waals surface area contributed by atoms with Crippen molar-refractivity contribution in [2.45, 2.75) is 12.8 Å². The maximum atomic E-state index is 11.0. The van der Waals surface area contributed by atoms with E-state index >= 15 is 0 Å².